The van der Waals surface area contributed by atoms with Gasteiger partial charge in [-0.3, -0.25) is 4.79 Å². The largest absolute Gasteiger partial charge is 0.493 e. The molecule has 0 amide bonds. The molecule has 1 atom stereocenters. The topological polar surface area (TPSA) is 67.8 Å². The van der Waals surface area contributed by atoms with Gasteiger partial charge >= 0.3 is 5.97 Å². The molecule has 1 saturated heterocycles. The SMILES string of the molecule is COc1ccc(C2(C(=O)O)CCC2)cc1OC1CCCNC1. The Bertz CT molecular complexity index is 548. The fourth-order valence-corrected chi connectivity index (χ4v) is 3.32. The highest BCUT2D eigenvalue weighted by Gasteiger charge is 2.46. The third kappa shape index (κ3) is 2.65. The molecule has 2 N–H and O–H groups in total. The number of carboxylic acids is 1. The van der Waals surface area contributed by atoms with Crippen molar-refractivity contribution in [1.29, 1.82) is 0 Å². The average molecular weight is 305 g/mol. The summed E-state index contributed by atoms with van der Waals surface area (Å²) in [5, 5.41) is 12.9. The van der Waals surface area contributed by atoms with Crippen LogP contribution in [0.3, 0.4) is 0 Å². The van der Waals surface area contributed by atoms with Crippen LogP contribution >= 0.6 is 0 Å². The fourth-order valence-electron chi connectivity index (χ4n) is 3.32. The van der Waals surface area contributed by atoms with Crippen molar-refractivity contribution in [2.45, 2.75) is 43.6 Å². The summed E-state index contributed by atoms with van der Waals surface area (Å²) in [6, 6.07) is 5.54. The Morgan fingerprint density at radius 1 is 1.32 bits per heavy atom. The molecule has 1 aromatic carbocycles. The van der Waals surface area contributed by atoms with Gasteiger partial charge in [-0.05, 0) is 49.9 Å². The van der Waals surface area contributed by atoms with Gasteiger partial charge in [0.2, 0.25) is 0 Å². The van der Waals surface area contributed by atoms with Crippen LogP contribution in [0.5, 0.6) is 11.5 Å². The summed E-state index contributed by atoms with van der Waals surface area (Å²) in [5.74, 6) is 0.574. The van der Waals surface area contributed by atoms with Crippen LogP contribution in [-0.2, 0) is 10.2 Å². The second-order valence-corrected chi connectivity index (χ2v) is 6.19. The zero-order chi connectivity index (χ0) is 15.6. The molecule has 2 fully saturated rings. The molecule has 1 unspecified atom stereocenters. The summed E-state index contributed by atoms with van der Waals surface area (Å²) in [4.78, 5) is 11.7. The van der Waals surface area contributed by atoms with E-state index in [-0.39, 0.29) is 6.10 Å². The highest BCUT2D eigenvalue weighted by atomic mass is 16.5. The predicted molar refractivity (Wildman–Crippen MR) is 82.7 cm³/mol. The van der Waals surface area contributed by atoms with E-state index >= 15 is 0 Å². The van der Waals surface area contributed by atoms with Gasteiger partial charge in [0.15, 0.2) is 11.5 Å². The summed E-state index contributed by atoms with van der Waals surface area (Å²) >= 11 is 0. The molecule has 0 aromatic heterocycles. The van der Waals surface area contributed by atoms with Gasteiger partial charge in [-0.2, -0.15) is 0 Å². The van der Waals surface area contributed by atoms with E-state index in [0.29, 0.717) is 24.3 Å². The maximum Gasteiger partial charge on any atom is 0.314 e. The minimum atomic E-state index is -0.741. The normalized spacial score (nSPS) is 23.4. The van der Waals surface area contributed by atoms with Gasteiger partial charge in [-0.1, -0.05) is 12.5 Å². The molecule has 2 aliphatic rings. The minimum Gasteiger partial charge on any atom is -0.493 e. The lowest BCUT2D eigenvalue weighted by molar-refractivity contribution is -0.147. The van der Waals surface area contributed by atoms with E-state index in [9.17, 15) is 9.90 Å². The third-order valence-electron chi connectivity index (χ3n) is 4.88. The van der Waals surface area contributed by atoms with Crippen LogP contribution in [0.1, 0.15) is 37.7 Å². The first kappa shape index (κ1) is 15.2. The quantitative estimate of drug-likeness (QED) is 0.874. The first-order valence-electron chi connectivity index (χ1n) is 7.95. The number of piperidine rings is 1. The molecule has 3 rings (SSSR count). The molecule has 5 nitrogen and oxygen atoms in total. The smallest absolute Gasteiger partial charge is 0.314 e. The summed E-state index contributed by atoms with van der Waals surface area (Å²) in [6.45, 7) is 1.84. The molecule has 5 heteroatoms. The van der Waals surface area contributed by atoms with Crippen molar-refractivity contribution in [3.63, 3.8) is 0 Å². The van der Waals surface area contributed by atoms with E-state index in [2.05, 4.69) is 5.32 Å². The Labute approximate surface area is 130 Å². The first-order valence-corrected chi connectivity index (χ1v) is 7.95. The molecule has 0 bridgehead atoms. The van der Waals surface area contributed by atoms with Crippen molar-refractivity contribution in [1.82, 2.24) is 5.32 Å². The minimum absolute atomic E-state index is 0.111. The number of benzene rings is 1. The lowest BCUT2D eigenvalue weighted by Gasteiger charge is -2.38. The molecule has 1 saturated carbocycles. The van der Waals surface area contributed by atoms with Crippen molar-refractivity contribution in [3.05, 3.63) is 23.8 Å². The Morgan fingerprint density at radius 3 is 2.68 bits per heavy atom. The van der Waals surface area contributed by atoms with Gasteiger partial charge in [0.25, 0.3) is 0 Å². The molecule has 0 spiro atoms. The van der Waals surface area contributed by atoms with Crippen molar-refractivity contribution in [2.24, 2.45) is 0 Å². The van der Waals surface area contributed by atoms with Crippen LogP contribution < -0.4 is 14.8 Å². The molecule has 1 aromatic rings. The van der Waals surface area contributed by atoms with Crippen molar-refractivity contribution >= 4 is 5.97 Å². The van der Waals surface area contributed by atoms with E-state index < -0.39 is 11.4 Å². The second-order valence-electron chi connectivity index (χ2n) is 6.19. The van der Waals surface area contributed by atoms with Gasteiger partial charge in [0.1, 0.15) is 6.10 Å². The van der Waals surface area contributed by atoms with Crippen LogP contribution in [0.2, 0.25) is 0 Å². The van der Waals surface area contributed by atoms with Gasteiger partial charge in [-0.15, -0.1) is 0 Å². The van der Waals surface area contributed by atoms with Crippen LogP contribution in [-0.4, -0.2) is 37.4 Å². The Kier molecular flexibility index (Phi) is 4.25. The molecule has 1 aliphatic carbocycles. The maximum atomic E-state index is 11.7. The lowest BCUT2D eigenvalue weighted by atomic mass is 9.64. The van der Waals surface area contributed by atoms with Crippen LogP contribution in [0.25, 0.3) is 0 Å². The first-order chi connectivity index (χ1) is 10.7. The van der Waals surface area contributed by atoms with Crippen LogP contribution in [0, 0.1) is 0 Å². The highest BCUT2D eigenvalue weighted by molar-refractivity contribution is 5.83. The molecule has 120 valence electrons. The monoisotopic (exact) mass is 305 g/mol. The summed E-state index contributed by atoms with van der Waals surface area (Å²) < 4.78 is 11.5. The van der Waals surface area contributed by atoms with E-state index in [1.54, 1.807) is 7.11 Å². The van der Waals surface area contributed by atoms with Crippen LogP contribution in [0.15, 0.2) is 18.2 Å². The summed E-state index contributed by atoms with van der Waals surface area (Å²) in [5.41, 5.74) is 0.0840. The van der Waals surface area contributed by atoms with Gasteiger partial charge in [-0.25, -0.2) is 0 Å². The highest BCUT2D eigenvalue weighted by Crippen LogP contribution is 2.46. The summed E-state index contributed by atoms with van der Waals surface area (Å²) in [6.07, 6.45) is 4.55. The average Bonchev–Trinajstić information content (AvgIpc) is 2.47. The molecule has 22 heavy (non-hydrogen) atoms. The third-order valence-corrected chi connectivity index (χ3v) is 4.88. The number of carboxylic acid groups (broad SMARTS) is 1. The second kappa shape index (κ2) is 6.16. The van der Waals surface area contributed by atoms with Crippen LogP contribution in [0.4, 0.5) is 0 Å². The summed E-state index contributed by atoms with van der Waals surface area (Å²) in [7, 11) is 1.61. The molecule has 1 aliphatic heterocycles. The maximum absolute atomic E-state index is 11.7. The van der Waals surface area contributed by atoms with E-state index in [1.807, 2.05) is 18.2 Å². The van der Waals surface area contributed by atoms with Gasteiger partial charge in [0.05, 0.1) is 12.5 Å². The number of hydrogen-bond acceptors (Lipinski definition) is 4. The number of nitrogens with one attached hydrogen (secondary N) is 1. The molecular formula is C17H23NO4. The van der Waals surface area contributed by atoms with Crippen molar-refractivity contribution in [3.8, 4) is 11.5 Å². The Morgan fingerprint density at radius 2 is 2.14 bits per heavy atom. The van der Waals surface area contributed by atoms with Gasteiger partial charge in [0, 0.05) is 6.54 Å². The molecular weight excluding hydrogens is 282 g/mol. The number of ether oxygens (including phenoxy) is 2. The van der Waals surface area contributed by atoms with E-state index in [1.165, 1.54) is 0 Å². The molecule has 0 radical (unpaired) electrons. The number of methoxy groups -OCH3 is 1. The Balaban J connectivity index is 1.87. The number of aliphatic carboxylic acids is 1. The number of hydrogen-bond donors (Lipinski definition) is 2. The Hall–Kier alpha value is -1.75. The number of rotatable bonds is 5. The molecule has 1 heterocycles. The van der Waals surface area contributed by atoms with E-state index in [0.717, 1.165) is 37.9 Å². The lowest BCUT2D eigenvalue weighted by Crippen LogP contribution is -2.42. The zero-order valence-electron chi connectivity index (χ0n) is 12.9. The van der Waals surface area contributed by atoms with Gasteiger partial charge < -0.3 is 19.9 Å². The van der Waals surface area contributed by atoms with Crippen molar-refractivity contribution < 1.29 is 19.4 Å². The predicted octanol–water partition coefficient (Wildman–Crippen LogP) is 2.33. The number of carbonyl (C=O) groups is 1. The van der Waals surface area contributed by atoms with Crippen molar-refractivity contribution in [2.75, 3.05) is 20.2 Å². The van der Waals surface area contributed by atoms with E-state index in [4.69, 9.17) is 9.47 Å². The standard InChI is InChI=1S/C17H23NO4/c1-21-14-6-5-12(17(16(19)20)7-3-8-17)10-15(14)22-13-4-2-9-18-11-13/h5-6,10,13,18H,2-4,7-9,11H2,1H3,(H,19,20). The zero-order valence-corrected chi connectivity index (χ0v) is 12.9. The fraction of sp³-hybridized carbons (Fsp3) is 0.588.